The molecule has 1 saturated heterocycles. The van der Waals surface area contributed by atoms with Crippen LogP contribution in [0.25, 0.3) is 6.08 Å². The van der Waals surface area contributed by atoms with Crippen molar-refractivity contribution in [2.24, 2.45) is 5.92 Å². The molecule has 28 heavy (non-hydrogen) atoms. The summed E-state index contributed by atoms with van der Waals surface area (Å²) in [7, 11) is 1.57. The molecule has 7 nitrogen and oxygen atoms in total. The Labute approximate surface area is 168 Å². The summed E-state index contributed by atoms with van der Waals surface area (Å²) in [6.45, 7) is 2.80. The minimum Gasteiger partial charge on any atom is -0.496 e. The SMILES string of the molecule is COc1ccc(Cl)cc1/C=C/C(=O)N1CCC(C(=O)Nc2cc(C)on2)CC1. The van der Waals surface area contributed by atoms with Crippen LogP contribution < -0.4 is 10.1 Å². The quantitative estimate of drug-likeness (QED) is 0.772. The first-order valence-electron chi connectivity index (χ1n) is 9.01. The number of rotatable bonds is 5. The smallest absolute Gasteiger partial charge is 0.246 e. The maximum atomic E-state index is 12.5. The fourth-order valence-corrected chi connectivity index (χ4v) is 3.30. The van der Waals surface area contributed by atoms with E-state index in [0.29, 0.717) is 48.3 Å². The summed E-state index contributed by atoms with van der Waals surface area (Å²) in [5.41, 5.74) is 0.737. The fraction of sp³-hybridized carbons (Fsp3) is 0.350. The van der Waals surface area contributed by atoms with Crippen LogP contribution >= 0.6 is 11.6 Å². The van der Waals surface area contributed by atoms with Crippen molar-refractivity contribution in [1.82, 2.24) is 10.1 Å². The summed E-state index contributed by atoms with van der Waals surface area (Å²) in [5.74, 6) is 1.34. The highest BCUT2D eigenvalue weighted by Gasteiger charge is 2.27. The van der Waals surface area contributed by atoms with Crippen molar-refractivity contribution in [3.05, 3.63) is 46.7 Å². The topological polar surface area (TPSA) is 84.7 Å². The van der Waals surface area contributed by atoms with Gasteiger partial charge >= 0.3 is 0 Å². The van der Waals surface area contributed by atoms with Gasteiger partial charge in [-0.15, -0.1) is 0 Å². The Morgan fingerprint density at radius 1 is 1.32 bits per heavy atom. The number of amides is 2. The monoisotopic (exact) mass is 403 g/mol. The lowest BCUT2D eigenvalue weighted by Gasteiger charge is -2.30. The minimum atomic E-state index is -0.155. The summed E-state index contributed by atoms with van der Waals surface area (Å²) in [6, 6.07) is 6.90. The molecule has 0 spiro atoms. The zero-order valence-electron chi connectivity index (χ0n) is 15.8. The summed E-state index contributed by atoms with van der Waals surface area (Å²) < 4.78 is 10.2. The Morgan fingerprint density at radius 2 is 2.07 bits per heavy atom. The van der Waals surface area contributed by atoms with Crippen molar-refractivity contribution in [3.8, 4) is 5.75 Å². The third kappa shape index (κ3) is 4.92. The summed E-state index contributed by atoms with van der Waals surface area (Å²) in [6.07, 6.45) is 4.40. The number of aromatic nitrogens is 1. The van der Waals surface area contributed by atoms with E-state index in [1.165, 1.54) is 6.08 Å². The first-order valence-corrected chi connectivity index (χ1v) is 9.39. The van der Waals surface area contributed by atoms with Gasteiger partial charge in [-0.3, -0.25) is 9.59 Å². The third-order valence-corrected chi connectivity index (χ3v) is 4.89. The number of likely N-dealkylation sites (tertiary alicyclic amines) is 1. The van der Waals surface area contributed by atoms with Crippen molar-refractivity contribution in [3.63, 3.8) is 0 Å². The van der Waals surface area contributed by atoms with E-state index in [1.54, 1.807) is 49.3 Å². The largest absolute Gasteiger partial charge is 0.496 e. The van der Waals surface area contributed by atoms with Crippen LogP contribution in [-0.2, 0) is 9.59 Å². The van der Waals surface area contributed by atoms with Crippen LogP contribution in [0, 0.1) is 12.8 Å². The first-order chi connectivity index (χ1) is 13.5. The highest BCUT2D eigenvalue weighted by Crippen LogP contribution is 2.24. The summed E-state index contributed by atoms with van der Waals surface area (Å²) in [4.78, 5) is 26.5. The van der Waals surface area contributed by atoms with Crippen LogP contribution in [-0.4, -0.2) is 42.1 Å². The fourth-order valence-electron chi connectivity index (χ4n) is 3.12. The Balaban J connectivity index is 1.53. The van der Waals surface area contributed by atoms with Crippen molar-refractivity contribution >= 4 is 35.3 Å². The molecule has 148 valence electrons. The molecule has 0 unspecified atom stereocenters. The Morgan fingerprint density at radius 3 is 2.71 bits per heavy atom. The number of halogens is 1. The normalized spacial score (nSPS) is 15.0. The molecule has 2 amide bonds. The number of ether oxygens (including phenoxy) is 1. The van der Waals surface area contributed by atoms with Gasteiger partial charge in [-0.1, -0.05) is 16.8 Å². The van der Waals surface area contributed by atoms with E-state index < -0.39 is 0 Å². The van der Waals surface area contributed by atoms with Gasteiger partial charge in [0.05, 0.1) is 7.11 Å². The predicted octanol–water partition coefficient (Wildman–Crippen LogP) is 3.54. The molecule has 1 aromatic heterocycles. The zero-order chi connectivity index (χ0) is 20.1. The van der Waals surface area contributed by atoms with E-state index in [1.807, 2.05) is 0 Å². The number of aryl methyl sites for hydroxylation is 1. The molecule has 1 N–H and O–H groups in total. The van der Waals surface area contributed by atoms with Gasteiger partial charge in [0.25, 0.3) is 0 Å². The van der Waals surface area contributed by atoms with E-state index in [-0.39, 0.29) is 17.7 Å². The second kappa shape index (κ2) is 8.93. The number of nitrogens with zero attached hydrogens (tertiary/aromatic N) is 2. The second-order valence-corrected chi connectivity index (χ2v) is 7.07. The predicted molar refractivity (Wildman–Crippen MR) is 106 cm³/mol. The van der Waals surface area contributed by atoms with E-state index >= 15 is 0 Å². The highest BCUT2D eigenvalue weighted by atomic mass is 35.5. The number of nitrogens with one attached hydrogen (secondary N) is 1. The van der Waals surface area contributed by atoms with Crippen molar-refractivity contribution in [2.45, 2.75) is 19.8 Å². The maximum Gasteiger partial charge on any atom is 0.246 e. The Hall–Kier alpha value is -2.80. The lowest BCUT2D eigenvalue weighted by atomic mass is 9.96. The van der Waals surface area contributed by atoms with Gasteiger partial charge in [-0.2, -0.15) is 0 Å². The van der Waals surface area contributed by atoms with Crippen LogP contribution in [0.5, 0.6) is 5.75 Å². The maximum absolute atomic E-state index is 12.5. The van der Waals surface area contributed by atoms with Crippen molar-refractivity contribution in [1.29, 1.82) is 0 Å². The number of methoxy groups -OCH3 is 1. The molecule has 0 aliphatic carbocycles. The summed E-state index contributed by atoms with van der Waals surface area (Å²) in [5, 5.41) is 7.09. The number of anilines is 1. The van der Waals surface area contributed by atoms with Gasteiger partial charge in [0.1, 0.15) is 11.5 Å². The number of carbonyl (C=O) groups excluding carboxylic acids is 2. The number of benzene rings is 1. The van der Waals surface area contributed by atoms with Crippen LogP contribution in [0.1, 0.15) is 24.2 Å². The molecule has 1 aliphatic heterocycles. The first kappa shape index (κ1) is 19.9. The number of hydrogen-bond acceptors (Lipinski definition) is 5. The molecule has 1 aliphatic rings. The van der Waals surface area contributed by atoms with Crippen LogP contribution in [0.2, 0.25) is 5.02 Å². The molecule has 1 fully saturated rings. The summed E-state index contributed by atoms with van der Waals surface area (Å²) >= 11 is 6.01. The molecule has 2 heterocycles. The van der Waals surface area contributed by atoms with E-state index in [0.717, 1.165) is 5.56 Å². The highest BCUT2D eigenvalue weighted by molar-refractivity contribution is 6.30. The number of hydrogen-bond donors (Lipinski definition) is 1. The van der Waals surface area contributed by atoms with E-state index in [9.17, 15) is 9.59 Å². The molecule has 2 aromatic rings. The van der Waals surface area contributed by atoms with Gasteiger partial charge in [0, 0.05) is 41.7 Å². The molecule has 3 rings (SSSR count). The Bertz CT molecular complexity index is 885. The van der Waals surface area contributed by atoms with Crippen LogP contribution in [0.4, 0.5) is 5.82 Å². The average molecular weight is 404 g/mol. The molecular weight excluding hydrogens is 382 g/mol. The van der Waals surface area contributed by atoms with Crippen molar-refractivity contribution < 1.29 is 18.8 Å². The molecule has 0 saturated carbocycles. The third-order valence-electron chi connectivity index (χ3n) is 4.65. The van der Waals surface area contributed by atoms with Crippen LogP contribution in [0.15, 0.2) is 34.9 Å². The van der Waals surface area contributed by atoms with E-state index in [2.05, 4.69) is 10.5 Å². The lowest BCUT2D eigenvalue weighted by molar-refractivity contribution is -0.130. The van der Waals surface area contributed by atoms with Gasteiger partial charge in [0.2, 0.25) is 11.8 Å². The van der Waals surface area contributed by atoms with E-state index in [4.69, 9.17) is 20.9 Å². The second-order valence-electron chi connectivity index (χ2n) is 6.63. The van der Waals surface area contributed by atoms with Gasteiger partial charge in [-0.25, -0.2) is 0 Å². The molecule has 1 aromatic carbocycles. The molecule has 0 atom stereocenters. The van der Waals surface area contributed by atoms with Gasteiger partial charge in [-0.05, 0) is 44.0 Å². The molecule has 0 bridgehead atoms. The molecule has 8 heteroatoms. The van der Waals surface area contributed by atoms with Crippen LogP contribution in [0.3, 0.4) is 0 Å². The standard InChI is InChI=1S/C20H22ClN3O4/c1-13-11-18(23-28-13)22-20(26)14-7-9-24(10-8-14)19(25)6-3-15-12-16(21)4-5-17(15)27-2/h3-6,11-12,14H,7-10H2,1-2H3,(H,22,23,26)/b6-3+. The van der Waals surface area contributed by atoms with Gasteiger partial charge in [0.15, 0.2) is 5.82 Å². The average Bonchev–Trinajstić information content (AvgIpc) is 3.11. The van der Waals surface area contributed by atoms with Gasteiger partial charge < -0.3 is 19.5 Å². The zero-order valence-corrected chi connectivity index (χ0v) is 16.5. The lowest BCUT2D eigenvalue weighted by Crippen LogP contribution is -2.40. The number of piperidine rings is 1. The molecule has 0 radical (unpaired) electrons. The van der Waals surface area contributed by atoms with Crippen molar-refractivity contribution in [2.75, 3.05) is 25.5 Å². The minimum absolute atomic E-state index is 0.0976. The number of carbonyl (C=O) groups is 2. The Kier molecular flexibility index (Phi) is 6.36. The molecular formula is C20H22ClN3O4.